The molecule has 4 nitrogen and oxygen atoms in total. The first-order valence-corrected chi connectivity index (χ1v) is 10.4. The molecule has 0 saturated carbocycles. The van der Waals surface area contributed by atoms with Crippen molar-refractivity contribution in [2.24, 2.45) is 0 Å². The lowest BCUT2D eigenvalue weighted by molar-refractivity contribution is -0.115. The quantitative estimate of drug-likeness (QED) is 0.354. The van der Waals surface area contributed by atoms with E-state index in [0.29, 0.717) is 5.02 Å². The summed E-state index contributed by atoms with van der Waals surface area (Å²) in [6.07, 6.45) is 1.86. The average molecular weight is 417 g/mol. The van der Waals surface area contributed by atoms with Crippen molar-refractivity contribution in [2.75, 3.05) is 5.32 Å². The van der Waals surface area contributed by atoms with Crippen molar-refractivity contribution in [3.05, 3.63) is 77.0 Å². The number of nitrogens with zero attached hydrogens (tertiary/aromatic N) is 1. The Kier molecular flexibility index (Phi) is 4.52. The second-order valence-electron chi connectivity index (χ2n) is 7.58. The van der Waals surface area contributed by atoms with Gasteiger partial charge >= 0.3 is 0 Å². The summed E-state index contributed by atoms with van der Waals surface area (Å²) in [6.45, 7) is 4.97. The molecule has 0 bridgehead atoms. The molecule has 0 atom stereocenters. The SMILES string of the molecule is CCn1c2ccccc2c2cc(NC(=O)Cc3coc4cc(C)c(Cl)cc34)ccc21. The minimum Gasteiger partial charge on any atom is -0.464 e. The van der Waals surface area contributed by atoms with Gasteiger partial charge in [0.2, 0.25) is 5.91 Å². The number of carbonyl (C=O) groups excluding carboxylic acids is 1. The predicted molar refractivity (Wildman–Crippen MR) is 123 cm³/mol. The third-order valence-electron chi connectivity index (χ3n) is 5.66. The fourth-order valence-corrected chi connectivity index (χ4v) is 4.35. The summed E-state index contributed by atoms with van der Waals surface area (Å²) in [6, 6.07) is 18.2. The number of nitrogens with one attached hydrogen (secondary N) is 1. The molecule has 0 radical (unpaired) electrons. The molecule has 1 N–H and O–H groups in total. The number of aromatic nitrogens is 1. The molecular weight excluding hydrogens is 396 g/mol. The highest BCUT2D eigenvalue weighted by Crippen LogP contribution is 2.31. The smallest absolute Gasteiger partial charge is 0.228 e. The summed E-state index contributed by atoms with van der Waals surface area (Å²) >= 11 is 6.26. The maximum atomic E-state index is 12.7. The van der Waals surface area contributed by atoms with Gasteiger partial charge in [0.25, 0.3) is 0 Å². The van der Waals surface area contributed by atoms with Crippen molar-refractivity contribution < 1.29 is 9.21 Å². The Morgan fingerprint density at radius 2 is 1.83 bits per heavy atom. The van der Waals surface area contributed by atoms with Crippen LogP contribution in [0.1, 0.15) is 18.1 Å². The summed E-state index contributed by atoms with van der Waals surface area (Å²) in [5, 5.41) is 6.91. The van der Waals surface area contributed by atoms with Crippen LogP contribution in [0.4, 0.5) is 5.69 Å². The average Bonchev–Trinajstić information content (AvgIpc) is 3.26. The van der Waals surface area contributed by atoms with Crippen molar-refractivity contribution in [1.82, 2.24) is 4.57 Å². The highest BCUT2D eigenvalue weighted by molar-refractivity contribution is 6.32. The van der Waals surface area contributed by atoms with E-state index in [2.05, 4.69) is 47.1 Å². The van der Waals surface area contributed by atoms with Gasteiger partial charge in [-0.3, -0.25) is 4.79 Å². The molecule has 0 unspecified atom stereocenters. The van der Waals surface area contributed by atoms with Crippen LogP contribution in [-0.4, -0.2) is 10.5 Å². The zero-order valence-corrected chi connectivity index (χ0v) is 17.6. The van der Waals surface area contributed by atoms with Crippen LogP contribution >= 0.6 is 11.6 Å². The van der Waals surface area contributed by atoms with E-state index in [1.54, 1.807) is 6.26 Å². The molecule has 2 heterocycles. The first-order chi connectivity index (χ1) is 14.5. The van der Waals surface area contributed by atoms with E-state index in [1.165, 1.54) is 16.4 Å². The number of amides is 1. The Hall–Kier alpha value is -3.24. The normalized spacial score (nSPS) is 11.6. The monoisotopic (exact) mass is 416 g/mol. The lowest BCUT2D eigenvalue weighted by Gasteiger charge is -2.07. The summed E-state index contributed by atoms with van der Waals surface area (Å²) in [5.41, 5.74) is 5.68. The van der Waals surface area contributed by atoms with Gasteiger partial charge < -0.3 is 14.3 Å². The number of aryl methyl sites for hydroxylation is 2. The van der Waals surface area contributed by atoms with Gasteiger partial charge in [-0.05, 0) is 55.8 Å². The van der Waals surface area contributed by atoms with E-state index in [9.17, 15) is 4.79 Å². The summed E-state index contributed by atoms with van der Waals surface area (Å²) in [5.74, 6) is -0.0898. The van der Waals surface area contributed by atoms with Crippen molar-refractivity contribution in [1.29, 1.82) is 0 Å². The van der Waals surface area contributed by atoms with Gasteiger partial charge in [-0.15, -0.1) is 0 Å². The zero-order chi connectivity index (χ0) is 20.8. The fourth-order valence-electron chi connectivity index (χ4n) is 4.19. The van der Waals surface area contributed by atoms with Gasteiger partial charge in [-0.25, -0.2) is 0 Å². The molecule has 5 heteroatoms. The van der Waals surface area contributed by atoms with E-state index < -0.39 is 0 Å². The van der Waals surface area contributed by atoms with E-state index in [1.807, 2.05) is 31.2 Å². The van der Waals surface area contributed by atoms with E-state index in [4.69, 9.17) is 16.0 Å². The van der Waals surface area contributed by atoms with Gasteiger partial charge in [-0.2, -0.15) is 0 Å². The molecule has 0 aliphatic carbocycles. The number of hydrogen-bond acceptors (Lipinski definition) is 2. The molecular formula is C25H21ClN2O2. The minimum atomic E-state index is -0.0898. The Bertz CT molecular complexity index is 1430. The third-order valence-corrected chi connectivity index (χ3v) is 6.07. The summed E-state index contributed by atoms with van der Waals surface area (Å²) < 4.78 is 7.91. The number of para-hydroxylation sites is 1. The summed E-state index contributed by atoms with van der Waals surface area (Å²) in [4.78, 5) is 12.7. The van der Waals surface area contributed by atoms with Crippen LogP contribution in [0.15, 0.2) is 65.3 Å². The van der Waals surface area contributed by atoms with Crippen molar-refractivity contribution >= 4 is 56.0 Å². The minimum absolute atomic E-state index is 0.0898. The number of anilines is 1. The van der Waals surface area contributed by atoms with Crippen LogP contribution in [-0.2, 0) is 17.8 Å². The molecule has 1 amide bonds. The molecule has 150 valence electrons. The van der Waals surface area contributed by atoms with Crippen LogP contribution in [0.3, 0.4) is 0 Å². The highest BCUT2D eigenvalue weighted by Gasteiger charge is 2.14. The molecule has 0 saturated heterocycles. The first kappa shape index (κ1) is 18.8. The van der Waals surface area contributed by atoms with Crippen LogP contribution < -0.4 is 5.32 Å². The number of hydrogen-bond donors (Lipinski definition) is 1. The van der Waals surface area contributed by atoms with Gasteiger partial charge in [0.05, 0.1) is 12.7 Å². The standard InChI is InChI=1S/C25H21ClN2O2/c1-3-28-22-7-5-4-6-18(22)20-12-17(8-9-23(20)28)27-25(29)11-16-14-30-24-10-15(2)21(26)13-19(16)24/h4-10,12-14H,3,11H2,1-2H3,(H,27,29). The van der Waals surface area contributed by atoms with Gasteiger partial charge in [-0.1, -0.05) is 29.8 Å². The Morgan fingerprint density at radius 1 is 1.03 bits per heavy atom. The molecule has 0 aliphatic rings. The number of furan rings is 1. The van der Waals surface area contributed by atoms with Gasteiger partial charge in [0, 0.05) is 50.0 Å². The molecule has 30 heavy (non-hydrogen) atoms. The maximum Gasteiger partial charge on any atom is 0.228 e. The van der Waals surface area contributed by atoms with Crippen molar-refractivity contribution in [2.45, 2.75) is 26.8 Å². The molecule has 2 aromatic heterocycles. The lowest BCUT2D eigenvalue weighted by Crippen LogP contribution is -2.14. The van der Waals surface area contributed by atoms with E-state index in [-0.39, 0.29) is 12.3 Å². The third kappa shape index (κ3) is 3.04. The van der Waals surface area contributed by atoms with E-state index in [0.717, 1.165) is 39.7 Å². The fraction of sp³-hybridized carbons (Fsp3) is 0.160. The molecule has 0 spiro atoms. The topological polar surface area (TPSA) is 47.2 Å². The Morgan fingerprint density at radius 3 is 2.67 bits per heavy atom. The second kappa shape index (κ2) is 7.22. The van der Waals surface area contributed by atoms with Gasteiger partial charge in [0.1, 0.15) is 5.58 Å². The maximum absolute atomic E-state index is 12.7. The summed E-state index contributed by atoms with van der Waals surface area (Å²) in [7, 11) is 0. The molecule has 5 rings (SSSR count). The molecule has 0 fully saturated rings. The predicted octanol–water partition coefficient (Wildman–Crippen LogP) is 6.70. The van der Waals surface area contributed by atoms with Crippen molar-refractivity contribution in [3.8, 4) is 0 Å². The van der Waals surface area contributed by atoms with Crippen LogP contribution in [0.5, 0.6) is 0 Å². The highest BCUT2D eigenvalue weighted by atomic mass is 35.5. The lowest BCUT2D eigenvalue weighted by atomic mass is 10.1. The first-order valence-electron chi connectivity index (χ1n) is 10.0. The molecule has 0 aliphatic heterocycles. The number of benzene rings is 3. The molecule has 3 aromatic carbocycles. The zero-order valence-electron chi connectivity index (χ0n) is 16.8. The van der Waals surface area contributed by atoms with E-state index >= 15 is 0 Å². The van der Waals surface area contributed by atoms with Crippen LogP contribution in [0.25, 0.3) is 32.8 Å². The molecule has 5 aromatic rings. The number of halogens is 1. The van der Waals surface area contributed by atoms with Gasteiger partial charge in [0.15, 0.2) is 0 Å². The Labute approximate surface area is 179 Å². The van der Waals surface area contributed by atoms with Crippen LogP contribution in [0.2, 0.25) is 5.02 Å². The largest absolute Gasteiger partial charge is 0.464 e. The number of carbonyl (C=O) groups is 1. The van der Waals surface area contributed by atoms with Crippen LogP contribution in [0, 0.1) is 6.92 Å². The Balaban J connectivity index is 1.45. The second-order valence-corrected chi connectivity index (χ2v) is 7.98. The number of fused-ring (bicyclic) bond motifs is 4. The number of rotatable bonds is 4. The van der Waals surface area contributed by atoms with Crippen molar-refractivity contribution in [3.63, 3.8) is 0 Å².